The summed E-state index contributed by atoms with van der Waals surface area (Å²) in [4.78, 5) is 35.0. The number of benzene rings is 2. The fourth-order valence-corrected chi connectivity index (χ4v) is 7.20. The zero-order valence-electron chi connectivity index (χ0n) is 24.2. The van der Waals surface area contributed by atoms with E-state index in [0.717, 1.165) is 21.7 Å². The van der Waals surface area contributed by atoms with E-state index in [9.17, 15) is 28.6 Å². The zero-order valence-corrected chi connectivity index (χ0v) is 25.9. The van der Waals surface area contributed by atoms with Crippen molar-refractivity contribution in [1.29, 1.82) is 0 Å². The van der Waals surface area contributed by atoms with E-state index in [-0.39, 0.29) is 22.9 Å². The van der Waals surface area contributed by atoms with E-state index in [4.69, 9.17) is 36.1 Å². The van der Waals surface area contributed by atoms with E-state index < -0.39 is 67.4 Å². The van der Waals surface area contributed by atoms with Crippen LogP contribution >= 0.6 is 6.64 Å². The van der Waals surface area contributed by atoms with Crippen LogP contribution in [0.2, 0.25) is 0 Å². The number of aromatic amines is 1. The Morgan fingerprint density at radius 1 is 1.24 bits per heavy atom. The molecule has 0 aliphatic carbocycles. The normalized spacial score (nSPS) is 23.9. The molecular weight excluding hydrogens is 637 g/mol. The van der Waals surface area contributed by atoms with Gasteiger partial charge in [0.05, 0.1) is 19.0 Å². The van der Waals surface area contributed by atoms with E-state index in [0.29, 0.717) is 0 Å². The number of hydrogen-bond donors (Lipinski definition) is 5. The Hall–Kier alpha value is -3.57. The fourth-order valence-electron chi connectivity index (χ4n) is 4.79. The van der Waals surface area contributed by atoms with Crippen LogP contribution in [0.15, 0.2) is 53.6 Å². The van der Waals surface area contributed by atoms with E-state index in [1.165, 1.54) is 6.92 Å². The first-order chi connectivity index (χ1) is 21.2. The number of aliphatic hydroxyl groups is 2. The highest BCUT2D eigenvalue weighted by molar-refractivity contribution is 8.09. The fraction of sp³-hybridized carbons (Fsp3) is 0.407. The van der Waals surface area contributed by atoms with Gasteiger partial charge < -0.3 is 34.5 Å². The summed E-state index contributed by atoms with van der Waals surface area (Å²) in [7, 11) is 0. The maximum absolute atomic E-state index is 14.8. The van der Waals surface area contributed by atoms with Crippen LogP contribution in [0.3, 0.4) is 0 Å². The number of ether oxygens (including phenoxy) is 2. The van der Waals surface area contributed by atoms with Crippen molar-refractivity contribution in [3.8, 4) is 5.75 Å². The Balaban J connectivity index is 1.46. The lowest BCUT2D eigenvalue weighted by Gasteiger charge is -2.34. The first kappa shape index (κ1) is 32.8. The van der Waals surface area contributed by atoms with Crippen molar-refractivity contribution < 1.29 is 42.3 Å². The summed E-state index contributed by atoms with van der Waals surface area (Å²) < 4.78 is 53.4. The molecule has 2 aromatic heterocycles. The molecule has 1 unspecified atom stereocenters. The number of carbonyl (C=O) groups excluding carboxylic acids is 1. The number of anilines is 1. The molecular formula is C27H31F2N6O8PS. The maximum Gasteiger partial charge on any atom is 0.323 e. The number of aromatic nitrogens is 4. The van der Waals surface area contributed by atoms with Crippen LogP contribution in [0.1, 0.15) is 27.0 Å². The zero-order chi connectivity index (χ0) is 32.7. The summed E-state index contributed by atoms with van der Waals surface area (Å²) in [5, 5.41) is 26.3. The van der Waals surface area contributed by atoms with Gasteiger partial charge in [0.25, 0.3) is 12.0 Å². The van der Waals surface area contributed by atoms with Crippen molar-refractivity contribution in [2.75, 3.05) is 12.3 Å². The number of nitrogen functional groups attached to an aromatic ring is 1. The molecule has 1 saturated heterocycles. The van der Waals surface area contributed by atoms with E-state index in [1.807, 2.05) is 24.3 Å². The second-order valence-corrected chi connectivity index (χ2v) is 13.8. The topological polar surface area (TPSA) is 196 Å². The molecule has 6 atom stereocenters. The van der Waals surface area contributed by atoms with E-state index in [1.54, 1.807) is 32.0 Å². The summed E-state index contributed by atoms with van der Waals surface area (Å²) in [5.74, 6) is -0.784. The minimum absolute atomic E-state index is 0.178. The summed E-state index contributed by atoms with van der Waals surface area (Å²) in [6, 6.07) is 11.3. The molecule has 1 aliphatic heterocycles. The van der Waals surface area contributed by atoms with Crippen LogP contribution < -0.4 is 20.9 Å². The standard InChI is InChI=1S/C27H31F2N6O8PS/c1-13(2)41-24(39)14(3)34-44(45,43-17-9-8-15-6-4-5-7-16(15)10-17)40-11-27(25(28)29)20(37)19(36)23(42-27)35-12-31-18-21(35)32-26(30)33-22(18)38/h4-10,12-14,19-20,23,25,36-37H,11H2,1-3H3,(H,34,45)(H3,30,32,33,38)/t14-,19-,20-,23+,27+,44?/m0/s1. The number of esters is 1. The van der Waals surface area contributed by atoms with Gasteiger partial charge in [-0.2, -0.15) is 4.98 Å². The molecule has 18 heteroatoms. The minimum Gasteiger partial charge on any atom is -0.462 e. The van der Waals surface area contributed by atoms with Crippen molar-refractivity contribution >= 4 is 52.3 Å². The van der Waals surface area contributed by atoms with Crippen molar-refractivity contribution in [1.82, 2.24) is 24.6 Å². The van der Waals surface area contributed by atoms with Gasteiger partial charge in [-0.15, -0.1) is 0 Å². The second kappa shape index (κ2) is 12.7. The van der Waals surface area contributed by atoms with Crippen LogP contribution in [0, 0.1) is 0 Å². The number of nitrogens with zero attached hydrogens (tertiary/aromatic N) is 3. The number of nitrogens with one attached hydrogen (secondary N) is 2. The van der Waals surface area contributed by atoms with Crippen molar-refractivity contribution in [2.45, 2.75) is 63.4 Å². The first-order valence-electron chi connectivity index (χ1n) is 13.7. The lowest BCUT2D eigenvalue weighted by molar-refractivity contribution is -0.191. The Bertz CT molecular complexity index is 1820. The molecule has 0 amide bonds. The van der Waals surface area contributed by atoms with Gasteiger partial charge >= 0.3 is 12.6 Å². The first-order valence-corrected chi connectivity index (χ1v) is 16.3. The summed E-state index contributed by atoms with van der Waals surface area (Å²) in [6.07, 6.45) is -8.74. The van der Waals surface area contributed by atoms with Gasteiger partial charge in [0.1, 0.15) is 24.0 Å². The minimum atomic E-state index is -3.90. The third-order valence-corrected chi connectivity index (χ3v) is 9.49. The number of halogens is 2. The molecule has 3 heterocycles. The number of nitrogens with two attached hydrogens (primary N) is 1. The number of H-pyrrole nitrogens is 1. The third-order valence-electron chi connectivity index (χ3n) is 7.01. The van der Waals surface area contributed by atoms with Crippen LogP contribution in [0.25, 0.3) is 21.9 Å². The average Bonchev–Trinajstić information content (AvgIpc) is 3.50. The molecule has 1 fully saturated rings. The van der Waals surface area contributed by atoms with Gasteiger partial charge in [0, 0.05) is 0 Å². The Kier molecular flexibility index (Phi) is 9.24. The molecule has 45 heavy (non-hydrogen) atoms. The van der Waals surface area contributed by atoms with Gasteiger partial charge in [-0.3, -0.25) is 19.1 Å². The van der Waals surface area contributed by atoms with Crippen LogP contribution in [0.5, 0.6) is 5.75 Å². The summed E-state index contributed by atoms with van der Waals surface area (Å²) in [5.41, 5.74) is 1.68. The molecule has 14 nitrogen and oxygen atoms in total. The molecule has 0 spiro atoms. The van der Waals surface area contributed by atoms with Gasteiger partial charge in [-0.25, -0.2) is 18.9 Å². The SMILES string of the molecule is CC(C)OC(=O)[C@H](C)NP(=S)(OC[C@@]1(C(F)F)O[C@@H](n2cnc3c(=O)[nH]c(N)nc32)[C@@H](O)[C@@H]1O)Oc1ccc2ccccc2c1. The molecule has 242 valence electrons. The summed E-state index contributed by atoms with van der Waals surface area (Å²) in [6.45, 7) is -0.253. The Morgan fingerprint density at radius 2 is 1.96 bits per heavy atom. The predicted octanol–water partition coefficient (Wildman–Crippen LogP) is 2.36. The van der Waals surface area contributed by atoms with Gasteiger partial charge in [-0.1, -0.05) is 30.3 Å². The van der Waals surface area contributed by atoms with E-state index >= 15 is 0 Å². The number of carbonyl (C=O) groups is 1. The molecule has 2 aromatic carbocycles. The third kappa shape index (κ3) is 6.56. The molecule has 0 bridgehead atoms. The number of fused-ring (bicyclic) bond motifs is 2. The molecule has 0 saturated carbocycles. The maximum atomic E-state index is 14.8. The largest absolute Gasteiger partial charge is 0.462 e. The Labute approximate surface area is 259 Å². The monoisotopic (exact) mass is 668 g/mol. The Morgan fingerprint density at radius 3 is 2.64 bits per heavy atom. The quantitative estimate of drug-likeness (QED) is 0.116. The van der Waals surface area contributed by atoms with Crippen LogP contribution in [0.4, 0.5) is 14.7 Å². The van der Waals surface area contributed by atoms with Crippen molar-refractivity contribution in [3.63, 3.8) is 0 Å². The van der Waals surface area contributed by atoms with Gasteiger partial charge in [0.2, 0.25) is 5.95 Å². The van der Waals surface area contributed by atoms with Crippen LogP contribution in [-0.2, 0) is 30.6 Å². The molecule has 6 N–H and O–H groups in total. The van der Waals surface area contributed by atoms with Crippen LogP contribution in [-0.4, -0.2) is 78.7 Å². The van der Waals surface area contributed by atoms with Crippen molar-refractivity contribution in [3.05, 3.63) is 59.1 Å². The average molecular weight is 669 g/mol. The smallest absolute Gasteiger partial charge is 0.323 e. The highest BCUT2D eigenvalue weighted by atomic mass is 32.5. The van der Waals surface area contributed by atoms with Gasteiger partial charge in [-0.05, 0) is 55.5 Å². The number of aliphatic hydroxyl groups excluding tert-OH is 2. The number of alkyl halides is 2. The summed E-state index contributed by atoms with van der Waals surface area (Å²) >= 11 is 5.68. The number of imidazole rings is 1. The van der Waals surface area contributed by atoms with E-state index in [2.05, 4.69) is 20.0 Å². The number of rotatable bonds is 11. The highest BCUT2D eigenvalue weighted by Gasteiger charge is 2.61. The van der Waals surface area contributed by atoms with Gasteiger partial charge in [0.15, 0.2) is 23.0 Å². The predicted molar refractivity (Wildman–Crippen MR) is 162 cm³/mol. The molecule has 5 rings (SSSR count). The molecule has 0 radical (unpaired) electrons. The molecule has 1 aliphatic rings. The second-order valence-electron chi connectivity index (χ2n) is 10.7. The lowest BCUT2D eigenvalue weighted by Crippen LogP contribution is -2.53. The highest BCUT2D eigenvalue weighted by Crippen LogP contribution is 2.50. The molecule has 4 aromatic rings. The van der Waals surface area contributed by atoms with Crippen molar-refractivity contribution in [2.24, 2.45) is 0 Å². The lowest BCUT2D eigenvalue weighted by atomic mass is 9.96. The number of hydrogen-bond acceptors (Lipinski definition) is 12.